The third-order valence-electron chi connectivity index (χ3n) is 3.07. The van der Waals surface area contributed by atoms with Crippen molar-refractivity contribution in [3.63, 3.8) is 0 Å². The van der Waals surface area contributed by atoms with Crippen LogP contribution in [0, 0.1) is 6.92 Å². The van der Waals surface area contributed by atoms with E-state index in [9.17, 15) is 4.79 Å². The molecule has 3 nitrogen and oxygen atoms in total. The molecule has 17 heavy (non-hydrogen) atoms. The highest BCUT2D eigenvalue weighted by Crippen LogP contribution is 2.27. The topological polar surface area (TPSA) is 34.0 Å². The minimum Gasteiger partial charge on any atom is -0.347 e. The number of halogens is 1. The summed E-state index contributed by atoms with van der Waals surface area (Å²) in [6.45, 7) is 2.30. The Hall–Kier alpha value is -1.32. The Morgan fingerprint density at radius 1 is 1.47 bits per heavy atom. The molecule has 0 atom stereocenters. The van der Waals surface area contributed by atoms with E-state index in [0.717, 1.165) is 22.2 Å². The molecule has 4 heteroatoms. The van der Waals surface area contributed by atoms with Gasteiger partial charge in [0.2, 0.25) is 0 Å². The zero-order chi connectivity index (χ0) is 12.6. The van der Waals surface area contributed by atoms with Crippen LogP contribution in [0.5, 0.6) is 0 Å². The highest BCUT2D eigenvalue weighted by atomic mass is 35.5. The fourth-order valence-corrected chi connectivity index (χ4v) is 2.30. The van der Waals surface area contributed by atoms with Crippen LogP contribution in [0.1, 0.15) is 16.1 Å². The Balaban J connectivity index is 2.71. The van der Waals surface area contributed by atoms with Crippen molar-refractivity contribution in [1.29, 1.82) is 0 Å². The molecule has 0 fully saturated rings. The molecule has 0 bridgehead atoms. The van der Waals surface area contributed by atoms with Gasteiger partial charge in [-0.25, -0.2) is 0 Å². The van der Waals surface area contributed by atoms with Crippen molar-refractivity contribution in [2.24, 2.45) is 7.05 Å². The number of likely N-dealkylation sites (N-methyl/N-ethyl adjacent to an activating group) is 1. The van der Waals surface area contributed by atoms with E-state index in [1.807, 2.05) is 36.7 Å². The van der Waals surface area contributed by atoms with Crippen molar-refractivity contribution in [3.8, 4) is 0 Å². The molecule has 0 spiro atoms. The number of nitrogens with zero attached hydrogens (tertiary/aromatic N) is 1. The molecule has 2 rings (SSSR count). The van der Waals surface area contributed by atoms with Gasteiger partial charge < -0.3 is 9.88 Å². The molecule has 0 amide bonds. The van der Waals surface area contributed by atoms with Crippen LogP contribution in [0.4, 0.5) is 0 Å². The quantitative estimate of drug-likeness (QED) is 0.850. The third-order valence-corrected chi connectivity index (χ3v) is 3.31. The molecule has 90 valence electrons. The predicted molar refractivity (Wildman–Crippen MR) is 70.9 cm³/mol. The summed E-state index contributed by atoms with van der Waals surface area (Å²) < 4.78 is 2.00. The zero-order valence-corrected chi connectivity index (χ0v) is 10.9. The van der Waals surface area contributed by atoms with Crippen molar-refractivity contribution in [3.05, 3.63) is 34.5 Å². The maximum atomic E-state index is 12.1. The summed E-state index contributed by atoms with van der Waals surface area (Å²) in [6, 6.07) is 5.62. The molecule has 0 aliphatic carbocycles. The Labute approximate surface area is 105 Å². The second-order valence-corrected chi connectivity index (χ2v) is 4.57. The molecule has 0 saturated heterocycles. The molecule has 0 aliphatic heterocycles. The number of benzene rings is 1. The van der Waals surface area contributed by atoms with Crippen LogP contribution in [-0.4, -0.2) is 23.9 Å². The Bertz CT molecular complexity index is 587. The number of hydrogen-bond acceptors (Lipinski definition) is 2. The van der Waals surface area contributed by atoms with E-state index in [1.54, 1.807) is 7.05 Å². The molecule has 1 heterocycles. The molecular weight excluding hydrogens is 236 g/mol. The maximum absolute atomic E-state index is 12.1. The van der Waals surface area contributed by atoms with Crippen molar-refractivity contribution in [2.75, 3.05) is 13.6 Å². The van der Waals surface area contributed by atoms with Gasteiger partial charge in [-0.3, -0.25) is 4.79 Å². The Kier molecular flexibility index (Phi) is 3.22. The van der Waals surface area contributed by atoms with Crippen LogP contribution in [0.15, 0.2) is 18.2 Å². The van der Waals surface area contributed by atoms with Gasteiger partial charge in [0, 0.05) is 28.7 Å². The molecule has 0 radical (unpaired) electrons. The number of carbonyl (C=O) groups excluding carboxylic acids is 1. The van der Waals surface area contributed by atoms with E-state index in [0.29, 0.717) is 11.6 Å². The van der Waals surface area contributed by atoms with Crippen molar-refractivity contribution >= 4 is 28.3 Å². The van der Waals surface area contributed by atoms with E-state index in [-0.39, 0.29) is 5.78 Å². The number of ketones is 1. The number of fused-ring (bicyclic) bond motifs is 1. The zero-order valence-electron chi connectivity index (χ0n) is 10.2. The van der Waals surface area contributed by atoms with Gasteiger partial charge in [0.25, 0.3) is 0 Å². The smallest absolute Gasteiger partial charge is 0.179 e. The fourth-order valence-electron chi connectivity index (χ4n) is 2.14. The van der Waals surface area contributed by atoms with Gasteiger partial charge in [-0.05, 0) is 26.1 Å². The van der Waals surface area contributed by atoms with Gasteiger partial charge >= 0.3 is 0 Å². The molecule has 1 aromatic heterocycles. The second kappa shape index (κ2) is 4.51. The normalized spacial score (nSPS) is 11.1. The van der Waals surface area contributed by atoms with Gasteiger partial charge in [-0.2, -0.15) is 0 Å². The third kappa shape index (κ3) is 1.96. The first kappa shape index (κ1) is 12.1. The Morgan fingerprint density at radius 3 is 2.82 bits per heavy atom. The average Bonchev–Trinajstić information content (AvgIpc) is 2.53. The van der Waals surface area contributed by atoms with Crippen molar-refractivity contribution in [1.82, 2.24) is 9.88 Å². The van der Waals surface area contributed by atoms with E-state index in [1.165, 1.54) is 0 Å². The van der Waals surface area contributed by atoms with Gasteiger partial charge in [-0.1, -0.05) is 17.7 Å². The maximum Gasteiger partial charge on any atom is 0.179 e. The monoisotopic (exact) mass is 250 g/mol. The number of aryl methyl sites for hydroxylation is 1. The van der Waals surface area contributed by atoms with Crippen molar-refractivity contribution in [2.45, 2.75) is 6.92 Å². The summed E-state index contributed by atoms with van der Waals surface area (Å²) in [4.78, 5) is 12.1. The highest BCUT2D eigenvalue weighted by Gasteiger charge is 2.17. The van der Waals surface area contributed by atoms with E-state index in [4.69, 9.17) is 11.6 Å². The van der Waals surface area contributed by atoms with Crippen LogP contribution >= 0.6 is 11.6 Å². The number of rotatable bonds is 3. The minimum absolute atomic E-state index is 0.109. The van der Waals surface area contributed by atoms with Crippen LogP contribution < -0.4 is 5.32 Å². The summed E-state index contributed by atoms with van der Waals surface area (Å²) in [5.74, 6) is 0.109. The molecule has 0 saturated carbocycles. The van der Waals surface area contributed by atoms with Gasteiger partial charge in [0.05, 0.1) is 12.1 Å². The van der Waals surface area contributed by atoms with Crippen molar-refractivity contribution < 1.29 is 4.79 Å². The lowest BCUT2D eigenvalue weighted by Crippen LogP contribution is -2.19. The lowest BCUT2D eigenvalue weighted by Gasteiger charge is -2.01. The standard InChI is InChI=1S/C13H15ClN2O/c1-8-13(12(17)7-15-2)10-5-4-9(14)6-11(10)16(8)3/h4-6,15H,7H2,1-3H3. The molecule has 1 N–H and O–H groups in total. The molecule has 2 aromatic rings. The predicted octanol–water partition coefficient (Wildman–Crippen LogP) is 2.54. The summed E-state index contributed by atoms with van der Waals surface area (Å²) in [5, 5.41) is 4.55. The summed E-state index contributed by atoms with van der Waals surface area (Å²) in [6.07, 6.45) is 0. The number of hydrogen-bond donors (Lipinski definition) is 1. The lowest BCUT2D eigenvalue weighted by molar-refractivity contribution is 0.0994. The Morgan fingerprint density at radius 2 is 2.18 bits per heavy atom. The first-order valence-corrected chi connectivity index (χ1v) is 5.86. The van der Waals surface area contributed by atoms with Crippen LogP contribution in [0.25, 0.3) is 10.9 Å². The highest BCUT2D eigenvalue weighted by molar-refractivity contribution is 6.31. The van der Waals surface area contributed by atoms with Gasteiger partial charge in [-0.15, -0.1) is 0 Å². The van der Waals surface area contributed by atoms with E-state index in [2.05, 4.69) is 5.32 Å². The number of Topliss-reactive ketones (excluding diaryl/α,β-unsaturated/α-hetero) is 1. The summed E-state index contributed by atoms with van der Waals surface area (Å²) in [7, 11) is 3.72. The minimum atomic E-state index is 0.109. The summed E-state index contributed by atoms with van der Waals surface area (Å²) in [5.41, 5.74) is 2.76. The number of nitrogens with one attached hydrogen (secondary N) is 1. The average molecular weight is 251 g/mol. The lowest BCUT2D eigenvalue weighted by atomic mass is 10.1. The van der Waals surface area contributed by atoms with Gasteiger partial charge in [0.1, 0.15) is 0 Å². The van der Waals surface area contributed by atoms with Crippen LogP contribution in [0.2, 0.25) is 5.02 Å². The van der Waals surface area contributed by atoms with Gasteiger partial charge in [0.15, 0.2) is 5.78 Å². The fraction of sp³-hybridized carbons (Fsp3) is 0.308. The SMILES string of the molecule is CNCC(=O)c1c(C)n(C)c2cc(Cl)ccc12. The molecular formula is C13H15ClN2O. The largest absolute Gasteiger partial charge is 0.347 e. The number of aromatic nitrogens is 1. The van der Waals surface area contributed by atoms with Crippen LogP contribution in [0.3, 0.4) is 0 Å². The van der Waals surface area contributed by atoms with E-state index < -0.39 is 0 Å². The molecule has 1 aromatic carbocycles. The van der Waals surface area contributed by atoms with E-state index >= 15 is 0 Å². The van der Waals surface area contributed by atoms with Crippen LogP contribution in [-0.2, 0) is 7.05 Å². The first-order chi connectivity index (χ1) is 8.06. The number of carbonyl (C=O) groups is 1. The second-order valence-electron chi connectivity index (χ2n) is 4.13. The summed E-state index contributed by atoms with van der Waals surface area (Å²) >= 11 is 5.98. The molecule has 0 aliphatic rings. The molecule has 0 unspecified atom stereocenters. The first-order valence-electron chi connectivity index (χ1n) is 5.48.